The van der Waals surface area contributed by atoms with Crippen LogP contribution in [0.15, 0.2) is 18.2 Å². The molecular weight excluding hydrogens is 250 g/mol. The summed E-state index contributed by atoms with van der Waals surface area (Å²) < 4.78 is 1.43. The third kappa shape index (κ3) is 1.96. The molecule has 0 radical (unpaired) electrons. The van der Waals surface area contributed by atoms with Crippen LogP contribution >= 0.6 is 11.8 Å². The zero-order valence-electron chi connectivity index (χ0n) is 9.74. The van der Waals surface area contributed by atoms with Crippen molar-refractivity contribution in [2.75, 3.05) is 11.5 Å². The second kappa shape index (κ2) is 4.61. The highest BCUT2D eigenvalue weighted by atomic mass is 32.2. The number of thioether (sulfide) groups is 1. The second-order valence-electron chi connectivity index (χ2n) is 4.37. The molecule has 1 aliphatic heterocycles. The lowest BCUT2D eigenvalue weighted by Crippen LogP contribution is -2.11. The molecule has 2 aromatic heterocycles. The van der Waals surface area contributed by atoms with Crippen molar-refractivity contribution in [3.05, 3.63) is 29.7 Å². The monoisotopic (exact) mass is 263 g/mol. The number of hydrogen-bond acceptors (Lipinski definition) is 4. The number of nitrogens with zero attached hydrogens (tertiary/aromatic N) is 3. The molecule has 0 amide bonds. The van der Waals surface area contributed by atoms with Gasteiger partial charge in [0.1, 0.15) is 0 Å². The minimum atomic E-state index is -0.977. The van der Waals surface area contributed by atoms with Crippen molar-refractivity contribution in [3.8, 4) is 0 Å². The van der Waals surface area contributed by atoms with Crippen molar-refractivity contribution < 1.29 is 9.90 Å². The van der Waals surface area contributed by atoms with E-state index < -0.39 is 5.97 Å². The normalized spacial score (nSPS) is 20.1. The zero-order chi connectivity index (χ0) is 12.5. The van der Waals surface area contributed by atoms with E-state index in [4.69, 9.17) is 5.11 Å². The molecule has 1 N–H and O–H groups in total. The van der Waals surface area contributed by atoms with Crippen LogP contribution in [-0.2, 0) is 0 Å². The predicted octanol–water partition coefficient (Wildman–Crippen LogP) is 2.04. The number of pyridine rings is 1. The minimum absolute atomic E-state index is 0.162. The molecule has 1 fully saturated rings. The Bertz CT molecular complexity index is 590. The molecular formula is C12H13N3O2S. The average Bonchev–Trinajstić information content (AvgIpc) is 2.83. The van der Waals surface area contributed by atoms with Crippen LogP contribution in [-0.4, -0.2) is 37.2 Å². The van der Waals surface area contributed by atoms with Gasteiger partial charge in [0.25, 0.3) is 0 Å². The Hall–Kier alpha value is -1.56. The van der Waals surface area contributed by atoms with Crippen LogP contribution in [0.5, 0.6) is 0 Å². The van der Waals surface area contributed by atoms with Crippen molar-refractivity contribution in [1.82, 2.24) is 14.6 Å². The van der Waals surface area contributed by atoms with Crippen molar-refractivity contribution >= 4 is 23.4 Å². The third-order valence-corrected chi connectivity index (χ3v) is 4.34. The third-order valence-electron chi connectivity index (χ3n) is 3.12. The van der Waals surface area contributed by atoms with Gasteiger partial charge >= 0.3 is 5.97 Å². The molecule has 0 spiro atoms. The van der Waals surface area contributed by atoms with Crippen molar-refractivity contribution in [1.29, 1.82) is 0 Å². The number of rotatable bonds is 2. The highest BCUT2D eigenvalue weighted by molar-refractivity contribution is 7.99. The molecule has 1 saturated heterocycles. The predicted molar refractivity (Wildman–Crippen MR) is 69.2 cm³/mol. The van der Waals surface area contributed by atoms with E-state index in [0.29, 0.717) is 11.6 Å². The van der Waals surface area contributed by atoms with E-state index in [9.17, 15) is 4.79 Å². The fraction of sp³-hybridized carbons (Fsp3) is 0.417. The fourth-order valence-electron chi connectivity index (χ4n) is 2.20. The first-order valence-corrected chi connectivity index (χ1v) is 7.08. The topological polar surface area (TPSA) is 67.5 Å². The molecule has 0 aromatic carbocycles. The summed E-state index contributed by atoms with van der Waals surface area (Å²) in [6.45, 7) is 0. The molecule has 6 heteroatoms. The highest BCUT2D eigenvalue weighted by Crippen LogP contribution is 2.29. The maximum absolute atomic E-state index is 11.1. The molecule has 2 aromatic rings. The zero-order valence-corrected chi connectivity index (χ0v) is 10.6. The molecule has 1 aliphatic rings. The summed E-state index contributed by atoms with van der Waals surface area (Å²) in [5.41, 5.74) is 0.773. The standard InChI is InChI=1S/C12H13N3O2S/c16-12(17)9-4-1-5-10-13-11(14-15(9)10)8-3-2-6-18-7-8/h1,4-5,8H,2-3,6-7H2,(H,16,17). The molecule has 18 heavy (non-hydrogen) atoms. The van der Waals surface area contributed by atoms with Gasteiger partial charge in [-0.1, -0.05) is 6.07 Å². The van der Waals surface area contributed by atoms with Gasteiger partial charge in [0.2, 0.25) is 0 Å². The van der Waals surface area contributed by atoms with E-state index in [2.05, 4.69) is 10.1 Å². The molecule has 3 rings (SSSR count). The van der Waals surface area contributed by atoms with Gasteiger partial charge in [0, 0.05) is 11.7 Å². The maximum Gasteiger partial charge on any atom is 0.354 e. The Labute approximate surface area is 108 Å². The van der Waals surface area contributed by atoms with Crippen LogP contribution in [0.1, 0.15) is 35.1 Å². The van der Waals surface area contributed by atoms with E-state index in [1.165, 1.54) is 16.7 Å². The number of carboxylic acids is 1. The van der Waals surface area contributed by atoms with Gasteiger partial charge in [-0.05, 0) is 30.7 Å². The smallest absolute Gasteiger partial charge is 0.354 e. The van der Waals surface area contributed by atoms with Crippen molar-refractivity contribution in [3.63, 3.8) is 0 Å². The highest BCUT2D eigenvalue weighted by Gasteiger charge is 2.21. The average molecular weight is 263 g/mol. The molecule has 94 valence electrons. The summed E-state index contributed by atoms with van der Waals surface area (Å²) in [5, 5.41) is 13.5. The van der Waals surface area contributed by atoms with Crippen molar-refractivity contribution in [2.24, 2.45) is 0 Å². The summed E-state index contributed by atoms with van der Waals surface area (Å²) in [5.74, 6) is 2.38. The Balaban J connectivity index is 2.04. The first kappa shape index (κ1) is 11.5. The van der Waals surface area contributed by atoms with Crippen LogP contribution in [0.2, 0.25) is 0 Å². The molecule has 5 nitrogen and oxygen atoms in total. The van der Waals surface area contributed by atoms with E-state index in [1.54, 1.807) is 18.2 Å². The van der Waals surface area contributed by atoms with Gasteiger partial charge in [-0.3, -0.25) is 0 Å². The molecule has 0 aliphatic carbocycles. The molecule has 1 atom stereocenters. The summed E-state index contributed by atoms with van der Waals surface area (Å²) in [6, 6.07) is 5.04. The molecule has 0 saturated carbocycles. The fourth-order valence-corrected chi connectivity index (χ4v) is 3.34. The van der Waals surface area contributed by atoms with Gasteiger partial charge < -0.3 is 5.11 Å². The Morgan fingerprint density at radius 1 is 1.50 bits per heavy atom. The maximum atomic E-state index is 11.1. The lowest BCUT2D eigenvalue weighted by molar-refractivity contribution is 0.0687. The lowest BCUT2D eigenvalue weighted by atomic mass is 10.1. The van der Waals surface area contributed by atoms with Crippen molar-refractivity contribution in [2.45, 2.75) is 18.8 Å². The lowest BCUT2D eigenvalue weighted by Gasteiger charge is -2.17. The number of aromatic carboxylic acids is 1. The van der Waals surface area contributed by atoms with E-state index in [0.717, 1.165) is 18.0 Å². The number of fused-ring (bicyclic) bond motifs is 1. The van der Waals surface area contributed by atoms with Crippen LogP contribution in [0.3, 0.4) is 0 Å². The Morgan fingerprint density at radius 3 is 3.11 bits per heavy atom. The number of aromatic nitrogens is 3. The summed E-state index contributed by atoms with van der Waals surface area (Å²) in [6.07, 6.45) is 2.27. The second-order valence-corrected chi connectivity index (χ2v) is 5.52. The SMILES string of the molecule is O=C(O)c1cccc2nc(C3CCCSC3)nn12. The van der Waals surface area contributed by atoms with Gasteiger partial charge in [-0.25, -0.2) is 14.3 Å². The molecule has 0 bridgehead atoms. The van der Waals surface area contributed by atoms with Gasteiger partial charge in [0.15, 0.2) is 17.2 Å². The quantitative estimate of drug-likeness (QED) is 0.898. The van der Waals surface area contributed by atoms with E-state index >= 15 is 0 Å². The first-order chi connectivity index (χ1) is 8.75. The number of hydrogen-bond donors (Lipinski definition) is 1. The summed E-state index contributed by atoms with van der Waals surface area (Å²) >= 11 is 1.91. The van der Waals surface area contributed by atoms with E-state index in [-0.39, 0.29) is 5.69 Å². The van der Waals surface area contributed by atoms with Crippen LogP contribution in [0.25, 0.3) is 5.65 Å². The minimum Gasteiger partial charge on any atom is -0.477 e. The van der Waals surface area contributed by atoms with E-state index in [1.807, 2.05) is 11.8 Å². The molecule has 1 unspecified atom stereocenters. The van der Waals surface area contributed by atoms with Gasteiger partial charge in [-0.15, -0.1) is 0 Å². The van der Waals surface area contributed by atoms with Crippen LogP contribution < -0.4 is 0 Å². The van der Waals surface area contributed by atoms with Gasteiger partial charge in [-0.2, -0.15) is 16.9 Å². The Morgan fingerprint density at radius 2 is 2.39 bits per heavy atom. The van der Waals surface area contributed by atoms with Crippen LogP contribution in [0, 0.1) is 0 Å². The Kier molecular flexibility index (Phi) is 2.95. The van der Waals surface area contributed by atoms with Gasteiger partial charge in [0.05, 0.1) is 0 Å². The van der Waals surface area contributed by atoms with Crippen LogP contribution in [0.4, 0.5) is 0 Å². The largest absolute Gasteiger partial charge is 0.477 e. The summed E-state index contributed by atoms with van der Waals surface area (Å²) in [7, 11) is 0. The number of carboxylic acid groups (broad SMARTS) is 1. The summed E-state index contributed by atoms with van der Waals surface area (Å²) in [4.78, 5) is 15.6. The number of carbonyl (C=O) groups is 1. The molecule has 3 heterocycles. The first-order valence-electron chi connectivity index (χ1n) is 5.92.